The van der Waals surface area contributed by atoms with E-state index in [9.17, 15) is 14.4 Å². The molecule has 26 heavy (non-hydrogen) atoms. The lowest BCUT2D eigenvalue weighted by Gasteiger charge is -2.32. The van der Waals surface area contributed by atoms with Gasteiger partial charge >= 0.3 is 0 Å². The van der Waals surface area contributed by atoms with E-state index in [1.54, 1.807) is 35.2 Å². The first-order valence-corrected chi connectivity index (χ1v) is 9.11. The second-order valence-electron chi connectivity index (χ2n) is 5.96. The molecule has 3 aromatic rings. The summed E-state index contributed by atoms with van der Waals surface area (Å²) in [4.78, 5) is 17.9. The number of aromatic nitrogens is 2. The molecule has 2 aromatic heterocycles. The second-order valence-corrected chi connectivity index (χ2v) is 7.65. The number of hydroxylamine groups is 2. The molecule has 4 rings (SSSR count). The number of thiazole rings is 1. The first-order chi connectivity index (χ1) is 12.5. The van der Waals surface area contributed by atoms with Gasteiger partial charge in [-0.15, -0.1) is 16.4 Å². The molecule has 0 fully saturated rings. The van der Waals surface area contributed by atoms with E-state index in [0.717, 1.165) is 9.94 Å². The standard InChI is InChI=1S/C18H14ClFN3O2S/c19-18-21-10-13(26-18)9-15-22-8-2-1-3-14(22)17(24)16(23(15)25)11-4-6-12(20)7-5-11/h1-8,10,15-16,25H,9H2/q+1. The van der Waals surface area contributed by atoms with Gasteiger partial charge in [0, 0.05) is 23.2 Å². The number of Topliss-reactive ketones (excluding diaryl/α,β-unsaturated/α-hetero) is 1. The van der Waals surface area contributed by atoms with E-state index >= 15 is 0 Å². The van der Waals surface area contributed by atoms with Gasteiger partial charge in [0.05, 0.1) is 6.42 Å². The van der Waals surface area contributed by atoms with Crippen molar-refractivity contribution in [1.82, 2.24) is 10.0 Å². The van der Waals surface area contributed by atoms with Gasteiger partial charge in [-0.3, -0.25) is 4.79 Å². The lowest BCUT2D eigenvalue weighted by molar-refractivity contribution is -0.764. The van der Waals surface area contributed by atoms with E-state index < -0.39 is 18.0 Å². The van der Waals surface area contributed by atoms with Crippen LogP contribution in [0.2, 0.25) is 4.47 Å². The maximum absolute atomic E-state index is 13.3. The van der Waals surface area contributed by atoms with Crippen molar-refractivity contribution in [2.45, 2.75) is 18.6 Å². The largest absolute Gasteiger partial charge is 0.307 e. The Balaban J connectivity index is 1.78. The van der Waals surface area contributed by atoms with Crippen LogP contribution in [0.15, 0.2) is 54.9 Å². The highest BCUT2D eigenvalue weighted by molar-refractivity contribution is 7.15. The highest BCUT2D eigenvalue weighted by atomic mass is 35.5. The number of nitrogens with zero attached hydrogens (tertiary/aromatic N) is 3. The van der Waals surface area contributed by atoms with Crippen LogP contribution in [0.5, 0.6) is 0 Å². The van der Waals surface area contributed by atoms with Gasteiger partial charge in [-0.05, 0) is 23.8 Å². The van der Waals surface area contributed by atoms with Crippen molar-refractivity contribution in [3.8, 4) is 0 Å². The van der Waals surface area contributed by atoms with E-state index in [1.165, 1.54) is 35.6 Å². The zero-order valence-electron chi connectivity index (χ0n) is 13.4. The van der Waals surface area contributed by atoms with Crippen LogP contribution < -0.4 is 4.57 Å². The Bertz CT molecular complexity index is 963. The molecule has 0 radical (unpaired) electrons. The molecule has 1 N–H and O–H groups in total. The minimum atomic E-state index is -0.911. The molecule has 1 aliphatic rings. The van der Waals surface area contributed by atoms with Crippen molar-refractivity contribution in [3.05, 3.63) is 81.3 Å². The number of hydrogen-bond donors (Lipinski definition) is 1. The van der Waals surface area contributed by atoms with Crippen molar-refractivity contribution >= 4 is 28.7 Å². The predicted molar refractivity (Wildman–Crippen MR) is 93.6 cm³/mol. The van der Waals surface area contributed by atoms with Gasteiger partial charge in [-0.25, -0.2) is 9.37 Å². The summed E-state index contributed by atoms with van der Waals surface area (Å²) in [6.45, 7) is 0. The first kappa shape index (κ1) is 17.2. The van der Waals surface area contributed by atoms with Crippen LogP contribution in [0.25, 0.3) is 0 Å². The van der Waals surface area contributed by atoms with Crippen molar-refractivity contribution in [2.75, 3.05) is 0 Å². The minimum Gasteiger partial charge on any atom is -0.307 e. The zero-order chi connectivity index (χ0) is 18.3. The van der Waals surface area contributed by atoms with Crippen LogP contribution in [-0.4, -0.2) is 21.0 Å². The van der Waals surface area contributed by atoms with Gasteiger partial charge in [0.1, 0.15) is 11.9 Å². The van der Waals surface area contributed by atoms with E-state index in [4.69, 9.17) is 11.6 Å². The lowest BCUT2D eigenvalue weighted by Crippen LogP contribution is -2.59. The van der Waals surface area contributed by atoms with E-state index in [-0.39, 0.29) is 5.78 Å². The molecule has 0 saturated heterocycles. The molecule has 3 heterocycles. The summed E-state index contributed by atoms with van der Waals surface area (Å²) in [6.07, 6.45) is 3.32. The Labute approximate surface area is 157 Å². The smallest absolute Gasteiger partial charge is 0.252 e. The Hall–Kier alpha value is -2.19. The molecule has 0 bridgehead atoms. The third kappa shape index (κ3) is 3.03. The number of hydrogen-bond acceptors (Lipinski definition) is 5. The van der Waals surface area contributed by atoms with Gasteiger partial charge in [-0.1, -0.05) is 23.7 Å². The Morgan fingerprint density at radius 3 is 2.73 bits per heavy atom. The maximum Gasteiger partial charge on any atom is 0.252 e. The topological polar surface area (TPSA) is 57.3 Å². The highest BCUT2D eigenvalue weighted by Gasteiger charge is 2.46. The van der Waals surface area contributed by atoms with Gasteiger partial charge in [-0.2, -0.15) is 4.57 Å². The zero-order valence-corrected chi connectivity index (χ0v) is 15.0. The summed E-state index contributed by atoms with van der Waals surface area (Å²) in [5.74, 6) is -0.648. The van der Waals surface area contributed by atoms with Crippen LogP contribution in [0, 0.1) is 5.82 Å². The second kappa shape index (κ2) is 6.85. The molecule has 0 aliphatic carbocycles. The van der Waals surface area contributed by atoms with E-state index in [0.29, 0.717) is 22.1 Å². The summed E-state index contributed by atoms with van der Waals surface area (Å²) in [7, 11) is 0. The number of halogens is 2. The molecular weight excluding hydrogens is 377 g/mol. The third-order valence-electron chi connectivity index (χ3n) is 4.38. The third-order valence-corrected chi connectivity index (χ3v) is 5.51. The van der Waals surface area contributed by atoms with Crippen molar-refractivity contribution < 1.29 is 19.0 Å². The predicted octanol–water partition coefficient (Wildman–Crippen LogP) is 3.59. The number of carbonyl (C=O) groups excluding carboxylic acids is 1. The summed E-state index contributed by atoms with van der Waals surface area (Å²) in [5.41, 5.74) is 1.01. The fraction of sp³-hybridized carbons (Fsp3) is 0.167. The van der Waals surface area contributed by atoms with Gasteiger partial charge in [0.2, 0.25) is 6.17 Å². The van der Waals surface area contributed by atoms with E-state index in [2.05, 4.69) is 4.98 Å². The van der Waals surface area contributed by atoms with Crippen LogP contribution >= 0.6 is 22.9 Å². The first-order valence-electron chi connectivity index (χ1n) is 7.92. The normalized spacial score (nSPS) is 20.2. The highest BCUT2D eigenvalue weighted by Crippen LogP contribution is 2.33. The average Bonchev–Trinajstić information content (AvgIpc) is 3.05. The SMILES string of the molecule is O=C1c2cccc[n+]2C(Cc2cnc(Cl)s2)N(O)C1c1ccc(F)cc1. The summed E-state index contributed by atoms with van der Waals surface area (Å²) in [6, 6.07) is 9.98. The van der Waals surface area contributed by atoms with Crippen molar-refractivity contribution in [3.63, 3.8) is 0 Å². The number of pyridine rings is 1. The molecule has 1 aliphatic heterocycles. The molecule has 132 valence electrons. The minimum absolute atomic E-state index is 0.252. The van der Waals surface area contributed by atoms with Gasteiger partial charge in [0.25, 0.3) is 11.5 Å². The van der Waals surface area contributed by atoms with Crippen LogP contribution in [-0.2, 0) is 6.42 Å². The molecule has 5 nitrogen and oxygen atoms in total. The summed E-state index contributed by atoms with van der Waals surface area (Å²) < 4.78 is 15.4. The van der Waals surface area contributed by atoms with Crippen LogP contribution in [0.3, 0.4) is 0 Å². The Kier molecular flexibility index (Phi) is 4.54. The molecule has 2 atom stereocenters. The Morgan fingerprint density at radius 2 is 2.04 bits per heavy atom. The molecule has 0 saturated carbocycles. The van der Waals surface area contributed by atoms with Gasteiger partial charge in [0.15, 0.2) is 10.7 Å². The molecular formula is C18H14ClFN3O2S+. The molecule has 1 aromatic carbocycles. The van der Waals surface area contributed by atoms with Crippen molar-refractivity contribution in [1.29, 1.82) is 0 Å². The monoisotopic (exact) mass is 390 g/mol. The molecule has 0 amide bonds. The maximum atomic E-state index is 13.3. The average molecular weight is 391 g/mol. The quantitative estimate of drug-likeness (QED) is 0.694. The fourth-order valence-corrected chi connectivity index (χ4v) is 4.19. The molecule has 2 unspecified atom stereocenters. The number of benzene rings is 1. The fourth-order valence-electron chi connectivity index (χ4n) is 3.18. The summed E-state index contributed by atoms with van der Waals surface area (Å²) >= 11 is 7.24. The van der Waals surface area contributed by atoms with E-state index in [1.807, 2.05) is 0 Å². The summed E-state index contributed by atoms with van der Waals surface area (Å²) in [5, 5.41) is 11.9. The number of fused-ring (bicyclic) bond motifs is 1. The number of carbonyl (C=O) groups is 1. The Morgan fingerprint density at radius 1 is 1.27 bits per heavy atom. The molecule has 8 heteroatoms. The number of rotatable bonds is 3. The van der Waals surface area contributed by atoms with Crippen LogP contribution in [0.4, 0.5) is 4.39 Å². The van der Waals surface area contributed by atoms with Crippen LogP contribution in [0.1, 0.15) is 33.1 Å². The lowest BCUT2D eigenvalue weighted by atomic mass is 9.96. The molecule has 0 spiro atoms. The number of ketones is 1. The van der Waals surface area contributed by atoms with Gasteiger partial charge < -0.3 is 5.21 Å². The van der Waals surface area contributed by atoms with Crippen molar-refractivity contribution in [2.24, 2.45) is 0 Å².